The van der Waals surface area contributed by atoms with Crippen LogP contribution >= 0.6 is 0 Å². The summed E-state index contributed by atoms with van der Waals surface area (Å²) in [7, 11) is 1.52. The fraction of sp³-hybridized carbons (Fsp3) is 0.417. The molecule has 1 unspecified atom stereocenters. The van der Waals surface area contributed by atoms with Crippen molar-refractivity contribution in [3.05, 3.63) is 23.3 Å². The highest BCUT2D eigenvalue weighted by molar-refractivity contribution is 5.54. The second-order valence-electron chi connectivity index (χ2n) is 3.69. The van der Waals surface area contributed by atoms with Crippen LogP contribution in [0.4, 0.5) is 0 Å². The van der Waals surface area contributed by atoms with E-state index >= 15 is 0 Å². The van der Waals surface area contributed by atoms with Gasteiger partial charge in [0.05, 0.1) is 7.11 Å². The van der Waals surface area contributed by atoms with Crippen LogP contribution in [0.25, 0.3) is 0 Å². The van der Waals surface area contributed by atoms with E-state index in [0.29, 0.717) is 12.2 Å². The van der Waals surface area contributed by atoms with Crippen LogP contribution in [-0.2, 0) is 4.79 Å². The van der Waals surface area contributed by atoms with E-state index in [4.69, 9.17) is 4.74 Å². The smallest absolute Gasteiger partial charge is 0.163 e. The second-order valence-corrected chi connectivity index (χ2v) is 3.69. The lowest BCUT2D eigenvalue weighted by Gasteiger charge is -2.13. The number of benzene rings is 1. The monoisotopic (exact) mass is 208 g/mol. The van der Waals surface area contributed by atoms with Gasteiger partial charge >= 0.3 is 0 Å². The van der Waals surface area contributed by atoms with Crippen LogP contribution in [0.3, 0.4) is 0 Å². The highest BCUT2D eigenvalue weighted by Crippen LogP contribution is 2.33. The molecule has 15 heavy (non-hydrogen) atoms. The Morgan fingerprint density at radius 1 is 1.53 bits per heavy atom. The van der Waals surface area contributed by atoms with Crippen LogP contribution < -0.4 is 4.74 Å². The Kier molecular flexibility index (Phi) is 3.72. The molecule has 0 radical (unpaired) electrons. The molecule has 0 spiro atoms. The molecule has 1 atom stereocenters. The quantitative estimate of drug-likeness (QED) is 0.773. The summed E-state index contributed by atoms with van der Waals surface area (Å²) >= 11 is 0. The summed E-state index contributed by atoms with van der Waals surface area (Å²) in [5, 5.41) is 9.68. The number of hydrogen-bond donors (Lipinski definition) is 1. The number of ether oxygens (including phenoxy) is 1. The third kappa shape index (κ3) is 2.49. The Morgan fingerprint density at radius 2 is 2.20 bits per heavy atom. The number of carbonyl (C=O) groups is 1. The van der Waals surface area contributed by atoms with Crippen molar-refractivity contribution in [3.8, 4) is 11.5 Å². The minimum atomic E-state index is 0.123. The second kappa shape index (κ2) is 4.82. The van der Waals surface area contributed by atoms with Gasteiger partial charge in [-0.05, 0) is 30.0 Å². The molecule has 0 aliphatic heterocycles. The summed E-state index contributed by atoms with van der Waals surface area (Å²) in [5.41, 5.74) is 1.84. The van der Waals surface area contributed by atoms with E-state index in [0.717, 1.165) is 17.4 Å². The Hall–Kier alpha value is -1.51. The van der Waals surface area contributed by atoms with Crippen molar-refractivity contribution in [1.82, 2.24) is 0 Å². The zero-order chi connectivity index (χ0) is 11.4. The van der Waals surface area contributed by atoms with Gasteiger partial charge in [-0.3, -0.25) is 0 Å². The van der Waals surface area contributed by atoms with Crippen LogP contribution in [0.2, 0.25) is 0 Å². The first-order valence-electron chi connectivity index (χ1n) is 4.91. The van der Waals surface area contributed by atoms with Crippen molar-refractivity contribution in [1.29, 1.82) is 0 Å². The van der Waals surface area contributed by atoms with Crippen molar-refractivity contribution >= 4 is 6.29 Å². The molecule has 1 aromatic carbocycles. The minimum Gasteiger partial charge on any atom is -0.504 e. The molecule has 0 saturated heterocycles. The van der Waals surface area contributed by atoms with E-state index in [1.165, 1.54) is 7.11 Å². The van der Waals surface area contributed by atoms with E-state index in [9.17, 15) is 9.90 Å². The van der Waals surface area contributed by atoms with Crippen molar-refractivity contribution < 1.29 is 14.6 Å². The van der Waals surface area contributed by atoms with Gasteiger partial charge in [-0.2, -0.15) is 0 Å². The summed E-state index contributed by atoms with van der Waals surface area (Å²) in [6.07, 6.45) is 1.35. The highest BCUT2D eigenvalue weighted by Gasteiger charge is 2.11. The van der Waals surface area contributed by atoms with Crippen molar-refractivity contribution in [2.45, 2.75) is 26.2 Å². The molecule has 0 aliphatic rings. The molecule has 0 saturated carbocycles. The molecule has 3 nitrogen and oxygen atoms in total. The van der Waals surface area contributed by atoms with Crippen LogP contribution in [0.5, 0.6) is 11.5 Å². The normalized spacial score (nSPS) is 12.2. The summed E-state index contributed by atoms with van der Waals surface area (Å²) in [6, 6.07) is 3.59. The Morgan fingerprint density at radius 3 is 2.67 bits per heavy atom. The third-order valence-electron chi connectivity index (χ3n) is 2.50. The van der Waals surface area contributed by atoms with Crippen LogP contribution in [0.15, 0.2) is 12.1 Å². The summed E-state index contributed by atoms with van der Waals surface area (Å²) in [6.45, 7) is 3.82. The number of aromatic hydroxyl groups is 1. The number of carbonyl (C=O) groups excluding carboxylic acids is 1. The average Bonchev–Trinajstić information content (AvgIpc) is 2.17. The molecule has 0 fully saturated rings. The van der Waals surface area contributed by atoms with Crippen molar-refractivity contribution in [2.75, 3.05) is 7.11 Å². The molecule has 0 aliphatic carbocycles. The fourth-order valence-electron chi connectivity index (χ4n) is 1.61. The molecule has 0 bridgehead atoms. The Balaban J connectivity index is 3.07. The number of hydrogen-bond acceptors (Lipinski definition) is 3. The summed E-state index contributed by atoms with van der Waals surface area (Å²) in [5.74, 6) is 0.750. The fourth-order valence-corrected chi connectivity index (χ4v) is 1.61. The van der Waals surface area contributed by atoms with Crippen LogP contribution in [0.1, 0.15) is 30.4 Å². The minimum absolute atomic E-state index is 0.123. The molecule has 1 rings (SSSR count). The van der Waals surface area contributed by atoms with Crippen LogP contribution in [-0.4, -0.2) is 18.5 Å². The van der Waals surface area contributed by atoms with Crippen molar-refractivity contribution in [3.63, 3.8) is 0 Å². The van der Waals surface area contributed by atoms with Gasteiger partial charge in [-0.25, -0.2) is 0 Å². The lowest BCUT2D eigenvalue weighted by molar-refractivity contribution is -0.108. The van der Waals surface area contributed by atoms with Gasteiger partial charge in [0.25, 0.3) is 0 Å². The first kappa shape index (κ1) is 11.6. The molecular formula is C12H16O3. The molecule has 0 amide bonds. The van der Waals surface area contributed by atoms with Gasteiger partial charge in [0.1, 0.15) is 6.29 Å². The van der Waals surface area contributed by atoms with E-state index in [1.54, 1.807) is 6.07 Å². The largest absolute Gasteiger partial charge is 0.504 e. The Labute approximate surface area is 89.7 Å². The van der Waals surface area contributed by atoms with E-state index in [2.05, 4.69) is 0 Å². The van der Waals surface area contributed by atoms with Crippen molar-refractivity contribution in [2.24, 2.45) is 0 Å². The van der Waals surface area contributed by atoms with E-state index in [1.807, 2.05) is 19.9 Å². The van der Waals surface area contributed by atoms with Gasteiger partial charge in [0.2, 0.25) is 0 Å². The lowest BCUT2D eigenvalue weighted by atomic mass is 9.96. The zero-order valence-electron chi connectivity index (χ0n) is 9.28. The maximum atomic E-state index is 10.4. The van der Waals surface area contributed by atoms with Gasteiger partial charge in [-0.1, -0.05) is 13.0 Å². The Bertz CT molecular complexity index is 335. The molecular weight excluding hydrogens is 192 g/mol. The maximum absolute atomic E-state index is 10.4. The topological polar surface area (TPSA) is 46.5 Å². The van der Waals surface area contributed by atoms with E-state index < -0.39 is 0 Å². The average molecular weight is 208 g/mol. The van der Waals surface area contributed by atoms with Gasteiger partial charge in [0.15, 0.2) is 11.5 Å². The number of aryl methyl sites for hydroxylation is 1. The maximum Gasteiger partial charge on any atom is 0.163 e. The molecule has 0 heterocycles. The number of phenolic OH excluding ortho intramolecular Hbond substituents is 1. The number of phenols is 1. The van der Waals surface area contributed by atoms with Gasteiger partial charge in [-0.15, -0.1) is 0 Å². The first-order chi connectivity index (χ1) is 7.10. The van der Waals surface area contributed by atoms with E-state index in [-0.39, 0.29) is 11.7 Å². The predicted octanol–water partition coefficient (Wildman–Crippen LogP) is 2.40. The zero-order valence-corrected chi connectivity index (χ0v) is 9.28. The number of rotatable bonds is 4. The van der Waals surface area contributed by atoms with Crippen LogP contribution in [0, 0.1) is 6.92 Å². The summed E-state index contributed by atoms with van der Waals surface area (Å²) < 4.78 is 5.05. The first-order valence-corrected chi connectivity index (χ1v) is 4.91. The molecule has 1 N–H and O–H groups in total. The lowest BCUT2D eigenvalue weighted by Crippen LogP contribution is -1.97. The summed E-state index contributed by atoms with van der Waals surface area (Å²) in [4.78, 5) is 10.4. The highest BCUT2D eigenvalue weighted by atomic mass is 16.5. The molecule has 0 aromatic heterocycles. The van der Waals surface area contributed by atoms with Gasteiger partial charge in [0, 0.05) is 6.42 Å². The number of methoxy groups -OCH3 is 1. The SMILES string of the molecule is COc1c(C)cc(C(C)CC=O)cc1O. The molecule has 3 heteroatoms. The predicted molar refractivity (Wildman–Crippen MR) is 58.5 cm³/mol. The standard InChI is InChI=1S/C12H16O3/c1-8(4-5-13)10-6-9(2)12(15-3)11(14)7-10/h5-8,14H,4H2,1-3H3. The molecule has 1 aromatic rings. The molecule has 82 valence electrons. The number of aldehydes is 1. The van der Waals surface area contributed by atoms with Gasteiger partial charge < -0.3 is 14.6 Å². The third-order valence-corrected chi connectivity index (χ3v) is 2.50.